The number of benzene rings is 2. The highest BCUT2D eigenvalue weighted by Gasteiger charge is 2.03. The van der Waals surface area contributed by atoms with Crippen molar-refractivity contribution in [1.82, 2.24) is 20.6 Å². The second-order valence-corrected chi connectivity index (χ2v) is 6.43. The standard InChI is InChI=1S/C21H24N4/c1-3-8-20-18(6-1)16(14-24-20)12-22-10-5-11-23-13-17-15-25-21-9-4-2-7-19(17)21/h1-4,6-9,14-15,22-25H,5,10-13H2. The Morgan fingerprint density at radius 2 is 1.12 bits per heavy atom. The van der Waals surface area contributed by atoms with Crippen molar-refractivity contribution >= 4 is 21.8 Å². The number of aromatic nitrogens is 2. The first kappa shape index (κ1) is 15.9. The highest BCUT2D eigenvalue weighted by atomic mass is 14.9. The van der Waals surface area contributed by atoms with E-state index in [9.17, 15) is 0 Å². The second-order valence-electron chi connectivity index (χ2n) is 6.43. The molecule has 0 unspecified atom stereocenters. The summed E-state index contributed by atoms with van der Waals surface area (Å²) in [4.78, 5) is 6.65. The van der Waals surface area contributed by atoms with E-state index in [-0.39, 0.29) is 0 Å². The number of nitrogens with one attached hydrogen (secondary N) is 4. The van der Waals surface area contributed by atoms with Gasteiger partial charge in [0.2, 0.25) is 0 Å². The van der Waals surface area contributed by atoms with Crippen LogP contribution in [-0.2, 0) is 13.1 Å². The fourth-order valence-electron chi connectivity index (χ4n) is 3.34. The molecule has 2 heterocycles. The number of hydrogen-bond acceptors (Lipinski definition) is 2. The molecule has 0 aliphatic rings. The van der Waals surface area contributed by atoms with Crippen molar-refractivity contribution in [2.45, 2.75) is 19.5 Å². The Balaban J connectivity index is 1.18. The maximum absolute atomic E-state index is 3.54. The predicted molar refractivity (Wildman–Crippen MR) is 105 cm³/mol. The summed E-state index contributed by atoms with van der Waals surface area (Å²) in [5.41, 5.74) is 5.09. The van der Waals surface area contributed by atoms with Gasteiger partial charge in [-0.1, -0.05) is 36.4 Å². The van der Waals surface area contributed by atoms with Gasteiger partial charge in [-0.05, 0) is 42.8 Å². The molecule has 4 N–H and O–H groups in total. The lowest BCUT2D eigenvalue weighted by atomic mass is 10.2. The van der Waals surface area contributed by atoms with Gasteiger partial charge in [0, 0.05) is 47.3 Å². The number of para-hydroxylation sites is 2. The Morgan fingerprint density at radius 1 is 0.640 bits per heavy atom. The van der Waals surface area contributed by atoms with Crippen molar-refractivity contribution in [3.8, 4) is 0 Å². The van der Waals surface area contributed by atoms with E-state index in [1.54, 1.807) is 0 Å². The monoisotopic (exact) mass is 332 g/mol. The van der Waals surface area contributed by atoms with Gasteiger partial charge in [0.1, 0.15) is 0 Å². The zero-order chi connectivity index (χ0) is 16.9. The summed E-state index contributed by atoms with van der Waals surface area (Å²) in [6.45, 7) is 3.85. The van der Waals surface area contributed by atoms with Gasteiger partial charge in [0.25, 0.3) is 0 Å². The van der Waals surface area contributed by atoms with Crippen LogP contribution in [0.2, 0.25) is 0 Å². The van der Waals surface area contributed by atoms with Crippen LogP contribution in [0.25, 0.3) is 21.8 Å². The summed E-state index contributed by atoms with van der Waals surface area (Å²) < 4.78 is 0. The van der Waals surface area contributed by atoms with E-state index < -0.39 is 0 Å². The first-order valence-corrected chi connectivity index (χ1v) is 8.93. The molecule has 0 aliphatic carbocycles. The van der Waals surface area contributed by atoms with E-state index >= 15 is 0 Å². The van der Waals surface area contributed by atoms with Crippen LogP contribution in [0.1, 0.15) is 17.5 Å². The van der Waals surface area contributed by atoms with Crippen molar-refractivity contribution in [1.29, 1.82) is 0 Å². The van der Waals surface area contributed by atoms with Crippen molar-refractivity contribution in [3.63, 3.8) is 0 Å². The smallest absolute Gasteiger partial charge is 0.0457 e. The molecular formula is C21H24N4. The molecule has 2 aromatic carbocycles. The summed E-state index contributed by atoms with van der Waals surface area (Å²) in [5.74, 6) is 0. The lowest BCUT2D eigenvalue weighted by molar-refractivity contribution is 0.597. The molecule has 128 valence electrons. The van der Waals surface area contributed by atoms with Gasteiger partial charge in [0.05, 0.1) is 0 Å². The molecule has 0 aliphatic heterocycles. The molecule has 0 spiro atoms. The molecule has 4 nitrogen and oxygen atoms in total. The second kappa shape index (κ2) is 7.55. The van der Waals surface area contributed by atoms with Crippen LogP contribution in [0.5, 0.6) is 0 Å². The number of H-pyrrole nitrogens is 2. The van der Waals surface area contributed by atoms with Gasteiger partial charge >= 0.3 is 0 Å². The minimum Gasteiger partial charge on any atom is -0.361 e. The average molecular weight is 332 g/mol. The van der Waals surface area contributed by atoms with E-state index in [1.165, 1.54) is 32.9 Å². The fourth-order valence-corrected chi connectivity index (χ4v) is 3.34. The molecule has 0 saturated carbocycles. The molecule has 0 amide bonds. The zero-order valence-corrected chi connectivity index (χ0v) is 14.3. The Labute approximate surface area is 147 Å². The number of fused-ring (bicyclic) bond motifs is 2. The van der Waals surface area contributed by atoms with Gasteiger partial charge < -0.3 is 20.6 Å². The van der Waals surface area contributed by atoms with Gasteiger partial charge in [0.15, 0.2) is 0 Å². The van der Waals surface area contributed by atoms with Crippen LogP contribution >= 0.6 is 0 Å². The van der Waals surface area contributed by atoms with Crippen molar-refractivity contribution in [2.24, 2.45) is 0 Å². The van der Waals surface area contributed by atoms with E-state index in [1.807, 2.05) is 0 Å². The number of rotatable bonds is 8. The summed E-state index contributed by atoms with van der Waals surface area (Å²) >= 11 is 0. The SMILES string of the molecule is c1ccc2c(CNCCCNCc3c[nH]c4ccccc34)c[nH]c2c1. The molecule has 0 radical (unpaired) electrons. The Kier molecular flexibility index (Phi) is 4.81. The topological polar surface area (TPSA) is 55.6 Å². The summed E-state index contributed by atoms with van der Waals surface area (Å²) in [5, 5.41) is 9.70. The van der Waals surface area contributed by atoms with Crippen LogP contribution in [0.4, 0.5) is 0 Å². The predicted octanol–water partition coefficient (Wildman–Crippen LogP) is 3.92. The molecule has 0 saturated heterocycles. The minimum absolute atomic E-state index is 0.909. The normalized spacial score (nSPS) is 11.5. The Hall–Kier alpha value is -2.56. The third-order valence-corrected chi connectivity index (χ3v) is 4.69. The Morgan fingerprint density at radius 3 is 1.64 bits per heavy atom. The summed E-state index contributed by atoms with van der Waals surface area (Å²) in [7, 11) is 0. The van der Waals surface area contributed by atoms with Crippen LogP contribution in [0.3, 0.4) is 0 Å². The molecular weight excluding hydrogens is 308 g/mol. The molecule has 4 aromatic rings. The summed E-state index contributed by atoms with van der Waals surface area (Å²) in [6, 6.07) is 16.9. The fraction of sp³-hybridized carbons (Fsp3) is 0.238. The minimum atomic E-state index is 0.909. The van der Waals surface area contributed by atoms with Crippen molar-refractivity contribution < 1.29 is 0 Å². The zero-order valence-electron chi connectivity index (χ0n) is 14.3. The maximum atomic E-state index is 3.54. The molecule has 2 aromatic heterocycles. The molecule has 0 fully saturated rings. The third-order valence-electron chi connectivity index (χ3n) is 4.69. The van der Waals surface area contributed by atoms with Crippen molar-refractivity contribution in [3.05, 3.63) is 72.1 Å². The lowest BCUT2D eigenvalue weighted by Crippen LogP contribution is -2.21. The van der Waals surface area contributed by atoms with E-state index in [0.29, 0.717) is 0 Å². The first-order valence-electron chi connectivity index (χ1n) is 8.93. The quantitative estimate of drug-likeness (QED) is 0.370. The van der Waals surface area contributed by atoms with Crippen molar-refractivity contribution in [2.75, 3.05) is 13.1 Å². The highest BCUT2D eigenvalue weighted by Crippen LogP contribution is 2.18. The lowest BCUT2D eigenvalue weighted by Gasteiger charge is -2.06. The van der Waals surface area contributed by atoms with E-state index in [2.05, 4.69) is 81.5 Å². The van der Waals surface area contributed by atoms with Crippen LogP contribution in [0, 0.1) is 0 Å². The van der Waals surface area contributed by atoms with Crippen LogP contribution in [-0.4, -0.2) is 23.1 Å². The van der Waals surface area contributed by atoms with Crippen LogP contribution < -0.4 is 10.6 Å². The molecule has 25 heavy (non-hydrogen) atoms. The van der Waals surface area contributed by atoms with Gasteiger partial charge in [-0.3, -0.25) is 0 Å². The molecule has 0 atom stereocenters. The van der Waals surface area contributed by atoms with Gasteiger partial charge in [-0.25, -0.2) is 0 Å². The number of hydrogen-bond donors (Lipinski definition) is 4. The highest BCUT2D eigenvalue weighted by molar-refractivity contribution is 5.83. The Bertz CT molecular complexity index is 873. The maximum Gasteiger partial charge on any atom is 0.0457 e. The van der Waals surface area contributed by atoms with E-state index in [0.717, 1.165) is 32.6 Å². The average Bonchev–Trinajstić information content (AvgIpc) is 3.25. The number of aromatic amines is 2. The molecule has 4 heteroatoms. The largest absolute Gasteiger partial charge is 0.361 e. The summed E-state index contributed by atoms with van der Waals surface area (Å²) in [6.07, 6.45) is 5.32. The van der Waals surface area contributed by atoms with Gasteiger partial charge in [-0.2, -0.15) is 0 Å². The molecule has 0 bridgehead atoms. The molecule has 4 rings (SSSR count). The van der Waals surface area contributed by atoms with E-state index in [4.69, 9.17) is 0 Å². The van der Waals surface area contributed by atoms with Gasteiger partial charge in [-0.15, -0.1) is 0 Å². The van der Waals surface area contributed by atoms with Crippen LogP contribution in [0.15, 0.2) is 60.9 Å². The first-order chi connectivity index (χ1) is 12.4. The third kappa shape index (κ3) is 3.60.